The molecule has 1 aromatic heterocycles. The average molecular weight is 723 g/mol. The van der Waals surface area contributed by atoms with Crippen molar-refractivity contribution in [3.05, 3.63) is 81.8 Å². The van der Waals surface area contributed by atoms with Crippen LogP contribution in [0.4, 0.5) is 11.4 Å². The first kappa shape index (κ1) is 35.4. The summed E-state index contributed by atoms with van der Waals surface area (Å²) in [5.74, 6) is -1.44. The Morgan fingerprint density at radius 3 is 2.34 bits per heavy atom. The molecule has 53 heavy (non-hydrogen) atoms. The summed E-state index contributed by atoms with van der Waals surface area (Å²) in [4.78, 5) is 70.8. The Kier molecular flexibility index (Phi) is 9.51. The Labute approximate surface area is 305 Å². The fraction of sp³-hybridized carbons (Fsp3) is 0.368. The van der Waals surface area contributed by atoms with Gasteiger partial charge in [-0.2, -0.15) is 5.10 Å². The number of anilines is 2. The second-order valence-corrected chi connectivity index (χ2v) is 13.9. The highest BCUT2D eigenvalue weighted by molar-refractivity contribution is 6.07. The third kappa shape index (κ3) is 6.52. The van der Waals surface area contributed by atoms with Gasteiger partial charge in [0.1, 0.15) is 23.7 Å². The molecule has 0 saturated carbocycles. The van der Waals surface area contributed by atoms with Gasteiger partial charge in [0.2, 0.25) is 17.7 Å². The van der Waals surface area contributed by atoms with Crippen LogP contribution in [0.2, 0.25) is 0 Å². The van der Waals surface area contributed by atoms with Crippen LogP contribution in [0.3, 0.4) is 0 Å². The third-order valence-corrected chi connectivity index (χ3v) is 10.2. The van der Waals surface area contributed by atoms with Crippen molar-refractivity contribution in [1.82, 2.24) is 29.9 Å². The fourth-order valence-corrected chi connectivity index (χ4v) is 7.58. The normalized spacial score (nSPS) is 19.1. The summed E-state index contributed by atoms with van der Waals surface area (Å²) in [5, 5.41) is 33.1. The molecule has 15 nitrogen and oxygen atoms in total. The van der Waals surface area contributed by atoms with Gasteiger partial charge in [0.05, 0.1) is 11.3 Å². The first-order chi connectivity index (χ1) is 25.5. The minimum atomic E-state index is -0.848. The molecule has 276 valence electrons. The molecule has 3 aliphatic rings. The molecule has 0 radical (unpaired) electrons. The summed E-state index contributed by atoms with van der Waals surface area (Å²) < 4.78 is 1.37. The lowest BCUT2D eigenvalue weighted by Crippen LogP contribution is -2.58. The number of phenols is 2. The predicted molar refractivity (Wildman–Crippen MR) is 196 cm³/mol. The van der Waals surface area contributed by atoms with Crippen molar-refractivity contribution >= 4 is 35.0 Å². The van der Waals surface area contributed by atoms with Gasteiger partial charge in [0.15, 0.2) is 5.82 Å². The second-order valence-electron chi connectivity index (χ2n) is 13.9. The van der Waals surface area contributed by atoms with E-state index in [1.54, 1.807) is 41.3 Å². The molecule has 5 N–H and O–H groups in total. The smallest absolute Gasteiger partial charge is 0.348 e. The number of aromatic amines is 1. The van der Waals surface area contributed by atoms with Crippen LogP contribution in [0, 0.1) is 0 Å². The van der Waals surface area contributed by atoms with Crippen LogP contribution in [0.5, 0.6) is 11.5 Å². The van der Waals surface area contributed by atoms with E-state index in [1.807, 2.05) is 32.9 Å². The van der Waals surface area contributed by atoms with Crippen LogP contribution in [-0.4, -0.2) is 90.6 Å². The van der Waals surface area contributed by atoms with Gasteiger partial charge in [-0.05, 0) is 66.8 Å². The van der Waals surface area contributed by atoms with Gasteiger partial charge in [0, 0.05) is 67.6 Å². The number of hydrogen-bond acceptors (Lipinski definition) is 10. The van der Waals surface area contributed by atoms with Crippen molar-refractivity contribution in [2.24, 2.45) is 0 Å². The van der Waals surface area contributed by atoms with Gasteiger partial charge in [-0.25, -0.2) is 14.5 Å². The number of hydrogen-bond donors (Lipinski definition) is 5. The largest absolute Gasteiger partial charge is 0.508 e. The van der Waals surface area contributed by atoms with Gasteiger partial charge in [-0.3, -0.25) is 29.4 Å². The maximum absolute atomic E-state index is 14.0. The number of H-pyrrole nitrogens is 1. The fourth-order valence-electron chi connectivity index (χ4n) is 7.58. The summed E-state index contributed by atoms with van der Waals surface area (Å²) >= 11 is 0. The highest BCUT2D eigenvalue weighted by Crippen LogP contribution is 2.44. The van der Waals surface area contributed by atoms with E-state index in [4.69, 9.17) is 0 Å². The number of amides is 4. The van der Waals surface area contributed by atoms with Crippen molar-refractivity contribution in [3.63, 3.8) is 0 Å². The van der Waals surface area contributed by atoms with E-state index < -0.39 is 23.8 Å². The van der Waals surface area contributed by atoms with E-state index in [1.165, 1.54) is 10.6 Å². The molecular weight excluding hydrogens is 680 g/mol. The molecule has 3 aliphatic heterocycles. The molecule has 2 atom stereocenters. The molecule has 0 aliphatic carbocycles. The van der Waals surface area contributed by atoms with Crippen LogP contribution in [-0.2, 0) is 14.4 Å². The number of imide groups is 1. The Morgan fingerprint density at radius 2 is 1.66 bits per heavy atom. The number of carbonyl (C=O) groups excluding carboxylic acids is 4. The maximum Gasteiger partial charge on any atom is 0.348 e. The molecule has 2 saturated heterocycles. The standard InChI is InChI=1S/C38H42N8O7/c1-4-6-31(49)39-27-8-5-7-24-33(27)36(46(37(24)52)28-13-14-32(50)40-35(28)51)44-17-15-43(16-18-44)22-9-11-23(12-10-22)45-34(41-42-38(45)53)26-19-25(21(2)3)29(47)20-30(26)48/h5,7-12,19-21,28,36,47-48H,4,6,13-18H2,1-3H3,(H,39,49)(H,42,53)(H,40,50,51). The highest BCUT2D eigenvalue weighted by atomic mass is 16.3. The molecule has 2 fully saturated rings. The minimum absolute atomic E-state index is 0.0358. The van der Waals surface area contributed by atoms with Crippen molar-refractivity contribution in [3.8, 4) is 28.6 Å². The number of rotatable bonds is 9. The lowest BCUT2D eigenvalue weighted by molar-refractivity contribution is -0.138. The number of fused-ring (bicyclic) bond motifs is 1. The van der Waals surface area contributed by atoms with Crippen LogP contribution < -0.4 is 21.2 Å². The lowest BCUT2D eigenvalue weighted by atomic mass is 9.98. The minimum Gasteiger partial charge on any atom is -0.508 e. The zero-order valence-corrected chi connectivity index (χ0v) is 29.8. The molecule has 7 rings (SSSR count). The zero-order valence-electron chi connectivity index (χ0n) is 29.8. The first-order valence-electron chi connectivity index (χ1n) is 17.9. The summed E-state index contributed by atoms with van der Waals surface area (Å²) in [6.45, 7) is 7.93. The van der Waals surface area contributed by atoms with Crippen LogP contribution in [0.1, 0.15) is 80.0 Å². The lowest BCUT2D eigenvalue weighted by Gasteiger charge is -2.44. The quantitative estimate of drug-likeness (QED) is 0.160. The molecule has 2 unspecified atom stereocenters. The number of benzene rings is 3. The van der Waals surface area contributed by atoms with Crippen LogP contribution in [0.15, 0.2) is 59.4 Å². The summed E-state index contributed by atoms with van der Waals surface area (Å²) in [5.41, 5.74) is 3.44. The van der Waals surface area contributed by atoms with Gasteiger partial charge in [-0.1, -0.05) is 26.8 Å². The van der Waals surface area contributed by atoms with E-state index in [-0.39, 0.29) is 53.8 Å². The van der Waals surface area contributed by atoms with Crippen LogP contribution in [0.25, 0.3) is 17.1 Å². The van der Waals surface area contributed by atoms with Crippen LogP contribution >= 0.6 is 0 Å². The monoisotopic (exact) mass is 722 g/mol. The molecule has 15 heteroatoms. The highest BCUT2D eigenvalue weighted by Gasteiger charge is 2.48. The Balaban J connectivity index is 1.14. The number of carbonyl (C=O) groups is 4. The summed E-state index contributed by atoms with van der Waals surface area (Å²) in [6, 6.07) is 14.6. The Morgan fingerprint density at radius 1 is 0.943 bits per heavy atom. The number of aromatic nitrogens is 3. The van der Waals surface area contributed by atoms with Gasteiger partial charge in [-0.15, -0.1) is 0 Å². The average Bonchev–Trinajstić information content (AvgIpc) is 3.65. The van der Waals surface area contributed by atoms with E-state index in [0.717, 1.165) is 5.69 Å². The van der Waals surface area contributed by atoms with E-state index in [9.17, 15) is 34.2 Å². The molecule has 4 heterocycles. The number of aromatic hydroxyl groups is 2. The van der Waals surface area contributed by atoms with E-state index >= 15 is 0 Å². The number of phenolic OH excluding ortho intramolecular Hbond substituents is 2. The molecule has 4 amide bonds. The Bertz CT molecular complexity index is 2150. The Hall–Kier alpha value is -5.96. The predicted octanol–water partition coefficient (Wildman–Crippen LogP) is 3.58. The third-order valence-electron chi connectivity index (χ3n) is 10.2. The van der Waals surface area contributed by atoms with Crippen molar-refractivity contribution in [2.45, 2.75) is 64.6 Å². The van der Waals surface area contributed by atoms with E-state index in [2.05, 4.69) is 30.6 Å². The SMILES string of the molecule is CCCC(=O)Nc1cccc2c1C(N1CCN(c3ccc(-n4c(-c5cc(C(C)C)c(O)cc5O)n[nH]c4=O)cc3)CC1)N(C1CCC(=O)NC1=O)C2=O. The topological polar surface area (TPSA) is 193 Å². The van der Waals surface area contributed by atoms with E-state index in [0.29, 0.717) is 72.6 Å². The van der Waals surface area contributed by atoms with Gasteiger partial charge >= 0.3 is 5.69 Å². The maximum atomic E-state index is 14.0. The van der Waals surface area contributed by atoms with Gasteiger partial charge < -0.3 is 25.3 Å². The first-order valence-corrected chi connectivity index (χ1v) is 17.9. The molecule has 3 aromatic carbocycles. The molecule has 4 aromatic rings. The molecule has 0 spiro atoms. The molecule has 0 bridgehead atoms. The molecular formula is C38H42N8O7. The number of nitrogens with zero attached hydrogens (tertiary/aromatic N) is 5. The van der Waals surface area contributed by atoms with Gasteiger partial charge in [0.25, 0.3) is 5.91 Å². The van der Waals surface area contributed by atoms with Crippen molar-refractivity contribution in [2.75, 3.05) is 36.4 Å². The number of piperazine rings is 1. The zero-order chi connectivity index (χ0) is 37.6. The van der Waals surface area contributed by atoms with Crippen molar-refractivity contribution < 1.29 is 29.4 Å². The number of piperidine rings is 1. The van der Waals surface area contributed by atoms with Crippen molar-refractivity contribution in [1.29, 1.82) is 0 Å². The second kappa shape index (κ2) is 14.2. The number of nitrogens with one attached hydrogen (secondary N) is 3. The summed E-state index contributed by atoms with van der Waals surface area (Å²) in [7, 11) is 0. The summed E-state index contributed by atoms with van der Waals surface area (Å²) in [6.07, 6.45) is 0.677.